The minimum atomic E-state index is 0.656. The van der Waals surface area contributed by atoms with Crippen molar-refractivity contribution in [1.29, 1.82) is 0 Å². The lowest BCUT2D eigenvalue weighted by Gasteiger charge is -2.56. The Morgan fingerprint density at radius 1 is 0.920 bits per heavy atom. The van der Waals surface area contributed by atoms with Crippen LogP contribution in [0.15, 0.2) is 0 Å². The summed E-state index contributed by atoms with van der Waals surface area (Å²) in [6, 6.07) is 0. The molecule has 0 aromatic rings. The molecule has 0 bridgehead atoms. The fourth-order valence-electron chi connectivity index (χ4n) is 7.87. The van der Waals surface area contributed by atoms with E-state index in [1.807, 2.05) is 0 Å². The molecule has 11 atom stereocenters. The summed E-state index contributed by atoms with van der Waals surface area (Å²) in [4.78, 5) is 0. The normalized spacial score (nSPS) is 51.4. The molecule has 0 spiro atoms. The van der Waals surface area contributed by atoms with Gasteiger partial charge in [-0.1, -0.05) is 68.2 Å². The second-order valence-corrected chi connectivity index (χ2v) is 11.3. The van der Waals surface area contributed by atoms with Gasteiger partial charge in [0.15, 0.2) is 0 Å². The van der Waals surface area contributed by atoms with Crippen molar-refractivity contribution in [3.05, 3.63) is 0 Å². The summed E-state index contributed by atoms with van der Waals surface area (Å²) in [5.74, 6) is 10.0. The van der Waals surface area contributed by atoms with Crippen molar-refractivity contribution >= 4 is 0 Å². The van der Waals surface area contributed by atoms with Crippen LogP contribution in [0.2, 0.25) is 0 Å². The van der Waals surface area contributed by atoms with E-state index in [4.69, 9.17) is 0 Å². The Labute approximate surface area is 158 Å². The average Bonchev–Trinajstić information content (AvgIpc) is 3.24. The molecule has 0 radical (unpaired) electrons. The van der Waals surface area contributed by atoms with Gasteiger partial charge in [-0.3, -0.25) is 0 Å². The van der Waals surface area contributed by atoms with Gasteiger partial charge in [-0.05, 0) is 90.3 Å². The van der Waals surface area contributed by atoms with Gasteiger partial charge in [-0.25, -0.2) is 0 Å². The predicted octanol–water partition coefficient (Wildman–Crippen LogP) is 7.68. The van der Waals surface area contributed by atoms with Gasteiger partial charge in [0.05, 0.1) is 0 Å². The van der Waals surface area contributed by atoms with Gasteiger partial charge in [0.1, 0.15) is 0 Å². The first-order chi connectivity index (χ1) is 11.7. The van der Waals surface area contributed by atoms with Gasteiger partial charge < -0.3 is 0 Å². The molecular formula is C25H46. The van der Waals surface area contributed by atoms with E-state index in [1.54, 1.807) is 0 Å². The molecular weight excluding hydrogens is 300 g/mol. The van der Waals surface area contributed by atoms with Crippen LogP contribution < -0.4 is 0 Å². The third-order valence-electron chi connectivity index (χ3n) is 9.87. The molecule has 3 fully saturated rings. The maximum absolute atomic E-state index is 2.60. The number of rotatable bonds is 8. The van der Waals surface area contributed by atoms with Crippen LogP contribution in [0.4, 0.5) is 0 Å². The van der Waals surface area contributed by atoms with Crippen molar-refractivity contribution < 1.29 is 0 Å². The highest BCUT2D eigenvalue weighted by atomic mass is 14.6. The second-order valence-electron chi connectivity index (χ2n) is 11.3. The van der Waals surface area contributed by atoms with Crippen molar-refractivity contribution in [2.24, 2.45) is 64.6 Å². The first-order valence-electron chi connectivity index (χ1n) is 11.7. The first-order valence-corrected chi connectivity index (χ1v) is 11.7. The Kier molecular flexibility index (Phi) is 5.69. The Morgan fingerprint density at radius 2 is 1.60 bits per heavy atom. The van der Waals surface area contributed by atoms with Crippen LogP contribution in [0.25, 0.3) is 0 Å². The quantitative estimate of drug-likeness (QED) is 0.423. The SMILES string of the molecule is CCC1C(C)C1C(C)CC1C(C)CC1C(C)CC1C(C)CC1(C)CC. The van der Waals surface area contributed by atoms with Gasteiger partial charge >= 0.3 is 0 Å². The minimum Gasteiger partial charge on any atom is -0.0651 e. The minimum absolute atomic E-state index is 0.656. The summed E-state index contributed by atoms with van der Waals surface area (Å²) in [5, 5.41) is 0. The molecule has 11 unspecified atom stereocenters. The summed E-state index contributed by atoms with van der Waals surface area (Å²) in [7, 11) is 0. The van der Waals surface area contributed by atoms with Gasteiger partial charge in [0, 0.05) is 0 Å². The van der Waals surface area contributed by atoms with Crippen LogP contribution in [0.1, 0.15) is 93.9 Å². The van der Waals surface area contributed by atoms with E-state index >= 15 is 0 Å². The van der Waals surface area contributed by atoms with Crippen LogP contribution in [0.5, 0.6) is 0 Å². The zero-order valence-corrected chi connectivity index (χ0v) is 18.5. The lowest BCUT2D eigenvalue weighted by Crippen LogP contribution is -2.47. The van der Waals surface area contributed by atoms with Crippen molar-refractivity contribution in [2.45, 2.75) is 93.9 Å². The summed E-state index contributed by atoms with van der Waals surface area (Å²) in [5.41, 5.74) is 0.656. The summed E-state index contributed by atoms with van der Waals surface area (Å²) >= 11 is 0. The maximum Gasteiger partial charge on any atom is -0.0295 e. The molecule has 0 heterocycles. The first kappa shape index (κ1) is 19.8. The molecule has 0 nitrogen and oxygen atoms in total. The zero-order chi connectivity index (χ0) is 18.5. The Balaban J connectivity index is 1.54. The Morgan fingerprint density at radius 3 is 2.08 bits per heavy atom. The fraction of sp³-hybridized carbons (Fsp3) is 1.00. The average molecular weight is 347 g/mol. The highest BCUT2D eigenvalue weighted by Crippen LogP contribution is 2.59. The molecule has 3 aliphatic carbocycles. The molecule has 0 aromatic heterocycles. The molecule has 146 valence electrons. The molecule has 0 heteroatoms. The van der Waals surface area contributed by atoms with Crippen LogP contribution in [0.3, 0.4) is 0 Å². The van der Waals surface area contributed by atoms with Crippen molar-refractivity contribution in [3.63, 3.8) is 0 Å². The molecule has 0 aromatic carbocycles. The van der Waals surface area contributed by atoms with E-state index in [1.165, 1.54) is 38.5 Å². The molecule has 3 aliphatic rings. The van der Waals surface area contributed by atoms with Crippen molar-refractivity contribution in [3.8, 4) is 0 Å². The molecule has 3 rings (SSSR count). The monoisotopic (exact) mass is 346 g/mol. The third kappa shape index (κ3) is 3.45. The second kappa shape index (κ2) is 7.20. The lowest BCUT2D eigenvalue weighted by molar-refractivity contribution is -0.0611. The van der Waals surface area contributed by atoms with Crippen LogP contribution in [-0.4, -0.2) is 0 Å². The van der Waals surface area contributed by atoms with Crippen LogP contribution >= 0.6 is 0 Å². The molecule has 0 amide bonds. The van der Waals surface area contributed by atoms with Crippen molar-refractivity contribution in [1.82, 2.24) is 0 Å². The number of hydrogen-bond donors (Lipinski definition) is 0. The van der Waals surface area contributed by atoms with Crippen LogP contribution in [-0.2, 0) is 0 Å². The summed E-state index contributed by atoms with van der Waals surface area (Å²) in [6.45, 7) is 20.1. The van der Waals surface area contributed by atoms with E-state index in [9.17, 15) is 0 Å². The summed E-state index contributed by atoms with van der Waals surface area (Å²) < 4.78 is 0. The highest BCUT2D eigenvalue weighted by Gasteiger charge is 2.52. The van der Waals surface area contributed by atoms with E-state index in [0.717, 1.165) is 59.2 Å². The summed E-state index contributed by atoms with van der Waals surface area (Å²) in [6.07, 6.45) is 8.80. The standard InChI is InChI=1S/C25H46/c1-9-20-19(7)24(20)17(5)12-22-15(3)11-21(22)16(4)13-23-18(6)14-25(23,8)10-2/h15-24H,9-14H2,1-8H3. The Hall–Kier alpha value is 0. The van der Waals surface area contributed by atoms with E-state index in [-0.39, 0.29) is 0 Å². The molecule has 3 saturated carbocycles. The molecule has 25 heavy (non-hydrogen) atoms. The lowest BCUT2D eigenvalue weighted by atomic mass is 9.50. The van der Waals surface area contributed by atoms with Gasteiger partial charge in [-0.15, -0.1) is 0 Å². The largest absolute Gasteiger partial charge is 0.0651 e. The highest BCUT2D eigenvalue weighted by molar-refractivity contribution is 5.01. The predicted molar refractivity (Wildman–Crippen MR) is 110 cm³/mol. The fourth-order valence-corrected chi connectivity index (χ4v) is 7.87. The van der Waals surface area contributed by atoms with Gasteiger partial charge in [0.2, 0.25) is 0 Å². The van der Waals surface area contributed by atoms with Crippen molar-refractivity contribution in [2.75, 3.05) is 0 Å². The van der Waals surface area contributed by atoms with Gasteiger partial charge in [-0.2, -0.15) is 0 Å². The zero-order valence-electron chi connectivity index (χ0n) is 18.5. The molecule has 0 aliphatic heterocycles. The molecule has 0 saturated heterocycles. The van der Waals surface area contributed by atoms with E-state index < -0.39 is 0 Å². The topological polar surface area (TPSA) is 0 Å². The van der Waals surface area contributed by atoms with Gasteiger partial charge in [0.25, 0.3) is 0 Å². The Bertz CT molecular complexity index is 453. The molecule has 0 N–H and O–H groups in total. The van der Waals surface area contributed by atoms with Crippen LogP contribution in [0, 0.1) is 64.6 Å². The smallest absolute Gasteiger partial charge is 0.0295 e. The number of hydrogen-bond acceptors (Lipinski definition) is 0. The third-order valence-corrected chi connectivity index (χ3v) is 9.87. The van der Waals surface area contributed by atoms with E-state index in [0.29, 0.717) is 5.41 Å². The van der Waals surface area contributed by atoms with E-state index in [2.05, 4.69) is 55.4 Å². The maximum atomic E-state index is 2.60.